The Labute approximate surface area is 176 Å². The second-order valence-electron chi connectivity index (χ2n) is 7.19. The van der Waals surface area contributed by atoms with Crippen LogP contribution in [0.1, 0.15) is 32.4 Å². The van der Waals surface area contributed by atoms with E-state index >= 15 is 0 Å². The summed E-state index contributed by atoms with van der Waals surface area (Å²) in [6, 6.07) is 12.9. The van der Waals surface area contributed by atoms with Gasteiger partial charge in [-0.05, 0) is 43.7 Å². The molecule has 1 aliphatic heterocycles. The van der Waals surface area contributed by atoms with Gasteiger partial charge in [0.05, 0.1) is 10.7 Å². The molecular formula is C22H19N5O2S. The number of amides is 2. The van der Waals surface area contributed by atoms with Crippen LogP contribution in [0.15, 0.2) is 47.8 Å². The number of carbonyl (C=O) groups is 2. The molecule has 3 aromatic heterocycles. The fraction of sp³-hybridized carbons (Fsp3) is 0.182. The third kappa shape index (κ3) is 3.35. The van der Waals surface area contributed by atoms with E-state index in [9.17, 15) is 9.59 Å². The van der Waals surface area contributed by atoms with Gasteiger partial charge in [-0.2, -0.15) is 0 Å². The molecular weight excluding hydrogens is 398 g/mol. The van der Waals surface area contributed by atoms with Gasteiger partial charge in [0, 0.05) is 35.1 Å². The Balaban J connectivity index is 1.44. The maximum Gasteiger partial charge on any atom is 0.274 e. The first kappa shape index (κ1) is 18.5. The largest absolute Gasteiger partial charge is 0.351 e. The monoisotopic (exact) mass is 417 g/mol. The summed E-state index contributed by atoms with van der Waals surface area (Å²) in [5.41, 5.74) is 4.06. The summed E-state index contributed by atoms with van der Waals surface area (Å²) in [7, 11) is 0. The fourth-order valence-electron chi connectivity index (χ4n) is 3.65. The van der Waals surface area contributed by atoms with E-state index in [0.29, 0.717) is 35.8 Å². The number of thiazole rings is 1. The number of fused-ring (bicyclic) bond motifs is 3. The highest BCUT2D eigenvalue weighted by atomic mass is 32.1. The molecule has 7 nitrogen and oxygen atoms in total. The van der Waals surface area contributed by atoms with Crippen LogP contribution in [0.3, 0.4) is 0 Å². The molecule has 0 atom stereocenters. The van der Waals surface area contributed by atoms with Crippen LogP contribution in [0.2, 0.25) is 0 Å². The highest BCUT2D eigenvalue weighted by Crippen LogP contribution is 2.25. The minimum Gasteiger partial charge on any atom is -0.351 e. The standard InChI is InChI=1S/C22H19N5O2S/c1-13-24-18(12-30-13)14-4-2-5-16(10-14)25-21(28)17-7-6-15-11-19-22(29)23-8-3-9-27(19)20(15)26-17/h2,4-7,10-12H,3,8-9H2,1H3,(H,23,29)(H,25,28). The number of benzene rings is 1. The van der Waals surface area contributed by atoms with Crippen molar-refractivity contribution in [2.75, 3.05) is 11.9 Å². The van der Waals surface area contributed by atoms with Crippen LogP contribution in [0.25, 0.3) is 22.3 Å². The Morgan fingerprint density at radius 1 is 1.20 bits per heavy atom. The zero-order chi connectivity index (χ0) is 20.7. The lowest BCUT2D eigenvalue weighted by Gasteiger charge is -2.08. The van der Waals surface area contributed by atoms with Crippen LogP contribution in [-0.4, -0.2) is 32.9 Å². The van der Waals surface area contributed by atoms with Gasteiger partial charge in [-0.25, -0.2) is 9.97 Å². The summed E-state index contributed by atoms with van der Waals surface area (Å²) in [5.74, 6) is -0.400. The van der Waals surface area contributed by atoms with Crippen molar-refractivity contribution in [3.63, 3.8) is 0 Å². The van der Waals surface area contributed by atoms with Crippen molar-refractivity contribution >= 4 is 39.9 Å². The van der Waals surface area contributed by atoms with Gasteiger partial charge in [-0.1, -0.05) is 12.1 Å². The molecule has 2 N–H and O–H groups in total. The van der Waals surface area contributed by atoms with E-state index in [2.05, 4.69) is 20.6 Å². The number of anilines is 1. The first-order chi connectivity index (χ1) is 14.6. The SMILES string of the molecule is Cc1nc(-c2cccc(NC(=O)c3ccc4cc5n(c4n3)CCCNC5=O)c2)cs1. The Kier molecular flexibility index (Phi) is 4.55. The van der Waals surface area contributed by atoms with Gasteiger partial charge in [0.25, 0.3) is 11.8 Å². The van der Waals surface area contributed by atoms with E-state index in [1.807, 2.05) is 53.3 Å². The molecule has 150 valence electrons. The molecule has 0 spiro atoms. The van der Waals surface area contributed by atoms with Crippen molar-refractivity contribution in [1.29, 1.82) is 0 Å². The number of rotatable bonds is 3. The van der Waals surface area contributed by atoms with Gasteiger partial charge in [0.15, 0.2) is 0 Å². The molecule has 30 heavy (non-hydrogen) atoms. The predicted molar refractivity (Wildman–Crippen MR) is 117 cm³/mol. The van der Waals surface area contributed by atoms with Gasteiger partial charge in [0.1, 0.15) is 17.0 Å². The number of aromatic nitrogens is 3. The molecule has 1 aromatic carbocycles. The average molecular weight is 417 g/mol. The first-order valence-electron chi connectivity index (χ1n) is 9.71. The van der Waals surface area contributed by atoms with E-state index in [0.717, 1.165) is 28.1 Å². The summed E-state index contributed by atoms with van der Waals surface area (Å²) in [6.07, 6.45) is 0.823. The molecule has 0 aliphatic carbocycles. The smallest absolute Gasteiger partial charge is 0.274 e. The Bertz CT molecular complexity index is 1290. The number of aryl methyl sites for hydroxylation is 2. The summed E-state index contributed by atoms with van der Waals surface area (Å²) >= 11 is 1.59. The third-order valence-electron chi connectivity index (χ3n) is 5.09. The van der Waals surface area contributed by atoms with Crippen molar-refractivity contribution in [1.82, 2.24) is 19.9 Å². The Morgan fingerprint density at radius 3 is 2.93 bits per heavy atom. The molecule has 2 amide bonds. The van der Waals surface area contributed by atoms with Crippen LogP contribution < -0.4 is 10.6 Å². The van der Waals surface area contributed by atoms with Crippen LogP contribution >= 0.6 is 11.3 Å². The molecule has 0 radical (unpaired) electrons. The molecule has 0 unspecified atom stereocenters. The number of hydrogen-bond donors (Lipinski definition) is 2. The number of nitrogens with one attached hydrogen (secondary N) is 2. The maximum atomic E-state index is 12.9. The van der Waals surface area contributed by atoms with Gasteiger partial charge in [0.2, 0.25) is 0 Å². The van der Waals surface area contributed by atoms with Crippen molar-refractivity contribution in [2.45, 2.75) is 19.9 Å². The van der Waals surface area contributed by atoms with Crippen LogP contribution in [0, 0.1) is 6.92 Å². The van der Waals surface area contributed by atoms with E-state index in [4.69, 9.17) is 0 Å². The van der Waals surface area contributed by atoms with Gasteiger partial charge in [-0.15, -0.1) is 11.3 Å². The normalized spacial score (nSPS) is 13.6. The molecule has 0 fully saturated rings. The molecule has 0 bridgehead atoms. The van der Waals surface area contributed by atoms with Crippen molar-refractivity contribution in [2.24, 2.45) is 0 Å². The Morgan fingerprint density at radius 2 is 2.10 bits per heavy atom. The van der Waals surface area contributed by atoms with E-state index < -0.39 is 0 Å². The van der Waals surface area contributed by atoms with Gasteiger partial charge < -0.3 is 15.2 Å². The summed E-state index contributed by atoms with van der Waals surface area (Å²) < 4.78 is 1.89. The van der Waals surface area contributed by atoms with E-state index in [1.54, 1.807) is 17.4 Å². The summed E-state index contributed by atoms with van der Waals surface area (Å²) in [4.78, 5) is 34.2. The highest BCUT2D eigenvalue weighted by Gasteiger charge is 2.20. The number of carbonyl (C=O) groups excluding carboxylic acids is 2. The van der Waals surface area contributed by atoms with Crippen molar-refractivity contribution in [3.8, 4) is 11.3 Å². The summed E-state index contributed by atoms with van der Waals surface area (Å²) in [5, 5.41) is 9.64. The fourth-order valence-corrected chi connectivity index (χ4v) is 4.27. The quantitative estimate of drug-likeness (QED) is 0.530. The number of hydrogen-bond acceptors (Lipinski definition) is 5. The van der Waals surface area contributed by atoms with Gasteiger partial charge >= 0.3 is 0 Å². The molecule has 4 heterocycles. The van der Waals surface area contributed by atoms with Crippen molar-refractivity contribution < 1.29 is 9.59 Å². The molecule has 0 saturated heterocycles. The maximum absolute atomic E-state index is 12.9. The van der Waals surface area contributed by atoms with Crippen LogP contribution in [0.4, 0.5) is 5.69 Å². The lowest BCUT2D eigenvalue weighted by Crippen LogP contribution is -2.22. The van der Waals surface area contributed by atoms with E-state index in [1.165, 1.54) is 0 Å². The van der Waals surface area contributed by atoms with E-state index in [-0.39, 0.29) is 11.8 Å². The Hall–Kier alpha value is -3.52. The molecule has 4 aromatic rings. The minimum absolute atomic E-state index is 0.106. The lowest BCUT2D eigenvalue weighted by molar-refractivity contribution is 0.0950. The molecule has 8 heteroatoms. The topological polar surface area (TPSA) is 88.9 Å². The second-order valence-corrected chi connectivity index (χ2v) is 8.25. The zero-order valence-corrected chi connectivity index (χ0v) is 17.1. The highest BCUT2D eigenvalue weighted by molar-refractivity contribution is 7.09. The lowest BCUT2D eigenvalue weighted by atomic mass is 10.1. The molecule has 1 aliphatic rings. The van der Waals surface area contributed by atoms with Gasteiger partial charge in [-0.3, -0.25) is 9.59 Å². The number of nitrogens with zero attached hydrogens (tertiary/aromatic N) is 3. The van der Waals surface area contributed by atoms with Crippen molar-refractivity contribution in [3.05, 3.63) is 64.2 Å². The molecule has 0 saturated carbocycles. The zero-order valence-electron chi connectivity index (χ0n) is 16.3. The third-order valence-corrected chi connectivity index (χ3v) is 5.86. The average Bonchev–Trinajstić information content (AvgIpc) is 3.29. The minimum atomic E-state index is -0.294. The van der Waals surface area contributed by atoms with Crippen LogP contribution in [-0.2, 0) is 6.54 Å². The number of pyridine rings is 1. The molecule has 5 rings (SSSR count). The van der Waals surface area contributed by atoms with Crippen LogP contribution in [0.5, 0.6) is 0 Å². The summed E-state index contributed by atoms with van der Waals surface area (Å²) in [6.45, 7) is 3.29. The second kappa shape index (κ2) is 7.38. The first-order valence-corrected chi connectivity index (χ1v) is 10.6. The predicted octanol–water partition coefficient (Wildman–Crippen LogP) is 3.85.